The number of rotatable bonds is 6. The Kier molecular flexibility index (Phi) is 6.30. The van der Waals surface area contributed by atoms with E-state index in [1.807, 2.05) is 0 Å². The molecule has 0 aromatic heterocycles. The average molecular weight is 281 g/mol. The summed E-state index contributed by atoms with van der Waals surface area (Å²) in [4.78, 5) is 14.4. The van der Waals surface area contributed by atoms with E-state index in [9.17, 15) is 4.79 Å². The van der Waals surface area contributed by atoms with Crippen LogP contribution in [0.3, 0.4) is 0 Å². The first-order valence-corrected chi connectivity index (χ1v) is 8.35. The second-order valence-electron chi connectivity index (χ2n) is 6.75. The van der Waals surface area contributed by atoms with Gasteiger partial charge >= 0.3 is 0 Å². The van der Waals surface area contributed by atoms with Crippen LogP contribution >= 0.6 is 0 Å². The minimum Gasteiger partial charge on any atom is -0.355 e. The molecule has 0 radical (unpaired) electrons. The molecule has 20 heavy (non-hydrogen) atoms. The molecule has 0 bridgehead atoms. The summed E-state index contributed by atoms with van der Waals surface area (Å²) in [5.41, 5.74) is 0. The molecule has 4 nitrogen and oxygen atoms in total. The van der Waals surface area contributed by atoms with Crippen LogP contribution in [0.15, 0.2) is 0 Å². The minimum atomic E-state index is 0.0585. The van der Waals surface area contributed by atoms with Gasteiger partial charge in [-0.05, 0) is 65.1 Å². The van der Waals surface area contributed by atoms with E-state index < -0.39 is 0 Å². The lowest BCUT2D eigenvalue weighted by Gasteiger charge is -2.39. The molecule has 4 heteroatoms. The Morgan fingerprint density at radius 1 is 1.15 bits per heavy atom. The molecule has 3 unspecified atom stereocenters. The standard InChI is InChI=1S/C16H31N3O/c1-19(2)12-6-5-11-17-16(20)15-10-9-13-7-3-4-8-14(13)18-15/h13-15,18H,3-12H2,1-2H3,(H,17,20). The summed E-state index contributed by atoms with van der Waals surface area (Å²) in [6.45, 7) is 1.92. The van der Waals surface area contributed by atoms with Crippen LogP contribution in [0, 0.1) is 5.92 Å². The number of carbonyl (C=O) groups is 1. The lowest BCUT2D eigenvalue weighted by Crippen LogP contribution is -2.55. The maximum Gasteiger partial charge on any atom is 0.237 e. The first-order valence-electron chi connectivity index (χ1n) is 8.35. The van der Waals surface area contributed by atoms with Gasteiger partial charge in [-0.15, -0.1) is 0 Å². The molecule has 116 valence electrons. The third-order valence-electron chi connectivity index (χ3n) is 4.80. The molecule has 1 amide bonds. The lowest BCUT2D eigenvalue weighted by molar-refractivity contribution is -0.124. The third-order valence-corrected chi connectivity index (χ3v) is 4.80. The van der Waals surface area contributed by atoms with Crippen molar-refractivity contribution in [3.63, 3.8) is 0 Å². The van der Waals surface area contributed by atoms with E-state index in [0.717, 1.165) is 38.3 Å². The minimum absolute atomic E-state index is 0.0585. The molecular formula is C16H31N3O. The molecule has 0 aromatic rings. The summed E-state index contributed by atoms with van der Waals surface area (Å²) in [5, 5.41) is 6.70. The molecule has 2 fully saturated rings. The van der Waals surface area contributed by atoms with E-state index >= 15 is 0 Å². The predicted octanol–water partition coefficient (Wildman–Crippen LogP) is 1.76. The van der Waals surface area contributed by atoms with E-state index in [-0.39, 0.29) is 11.9 Å². The van der Waals surface area contributed by atoms with Gasteiger partial charge in [-0.25, -0.2) is 0 Å². The molecular weight excluding hydrogens is 250 g/mol. The summed E-state index contributed by atoms with van der Waals surface area (Å²) in [6.07, 6.45) is 9.80. The van der Waals surface area contributed by atoms with Gasteiger partial charge in [0.05, 0.1) is 6.04 Å². The van der Waals surface area contributed by atoms with E-state index in [1.54, 1.807) is 0 Å². The number of unbranched alkanes of at least 4 members (excludes halogenated alkanes) is 1. The fourth-order valence-electron chi connectivity index (χ4n) is 3.59. The number of piperidine rings is 1. The van der Waals surface area contributed by atoms with Crippen molar-refractivity contribution in [2.24, 2.45) is 5.92 Å². The van der Waals surface area contributed by atoms with Crippen LogP contribution in [-0.4, -0.2) is 50.1 Å². The molecule has 1 saturated heterocycles. The summed E-state index contributed by atoms with van der Waals surface area (Å²) in [7, 11) is 4.18. The van der Waals surface area contributed by atoms with Crippen molar-refractivity contribution >= 4 is 5.91 Å². The van der Waals surface area contributed by atoms with Crippen molar-refractivity contribution in [2.75, 3.05) is 27.2 Å². The summed E-state index contributed by atoms with van der Waals surface area (Å²) in [6, 6.07) is 0.658. The number of hydrogen-bond donors (Lipinski definition) is 2. The van der Waals surface area contributed by atoms with Gasteiger partial charge in [-0.2, -0.15) is 0 Å². The van der Waals surface area contributed by atoms with Crippen molar-refractivity contribution in [3.8, 4) is 0 Å². The largest absolute Gasteiger partial charge is 0.355 e. The van der Waals surface area contributed by atoms with Crippen LogP contribution in [0.5, 0.6) is 0 Å². The highest BCUT2D eigenvalue weighted by atomic mass is 16.2. The fourth-order valence-corrected chi connectivity index (χ4v) is 3.59. The highest BCUT2D eigenvalue weighted by Gasteiger charge is 2.34. The maximum absolute atomic E-state index is 12.2. The second kappa shape index (κ2) is 7.99. The van der Waals surface area contributed by atoms with Crippen LogP contribution in [0.2, 0.25) is 0 Å². The van der Waals surface area contributed by atoms with Crippen LogP contribution in [0.1, 0.15) is 51.4 Å². The number of fused-ring (bicyclic) bond motifs is 1. The number of nitrogens with zero attached hydrogens (tertiary/aromatic N) is 1. The van der Waals surface area contributed by atoms with Gasteiger partial charge in [0.15, 0.2) is 0 Å². The number of carbonyl (C=O) groups excluding carboxylic acids is 1. The van der Waals surface area contributed by atoms with Crippen molar-refractivity contribution in [3.05, 3.63) is 0 Å². The zero-order chi connectivity index (χ0) is 14.4. The molecule has 1 saturated carbocycles. The van der Waals surface area contributed by atoms with Crippen LogP contribution < -0.4 is 10.6 Å². The number of amides is 1. The zero-order valence-electron chi connectivity index (χ0n) is 13.2. The Bertz CT molecular complexity index is 306. The summed E-state index contributed by atoms with van der Waals surface area (Å²) >= 11 is 0. The van der Waals surface area contributed by atoms with Gasteiger partial charge in [0.25, 0.3) is 0 Å². The van der Waals surface area contributed by atoms with Crippen LogP contribution in [-0.2, 0) is 4.79 Å². The summed E-state index contributed by atoms with van der Waals surface area (Å²) in [5.74, 6) is 1.05. The quantitative estimate of drug-likeness (QED) is 0.729. The first kappa shape index (κ1) is 15.8. The molecule has 2 rings (SSSR count). The highest BCUT2D eigenvalue weighted by molar-refractivity contribution is 5.81. The van der Waals surface area contributed by atoms with Gasteiger partial charge in [0.1, 0.15) is 0 Å². The Balaban J connectivity index is 1.63. The van der Waals surface area contributed by atoms with Crippen molar-refractivity contribution in [1.29, 1.82) is 0 Å². The molecule has 1 heterocycles. The maximum atomic E-state index is 12.2. The first-order chi connectivity index (χ1) is 9.66. The van der Waals surface area contributed by atoms with Crippen molar-refractivity contribution in [1.82, 2.24) is 15.5 Å². The molecule has 0 spiro atoms. The smallest absolute Gasteiger partial charge is 0.237 e. The van der Waals surface area contributed by atoms with E-state index in [1.165, 1.54) is 32.1 Å². The van der Waals surface area contributed by atoms with Crippen molar-refractivity contribution < 1.29 is 4.79 Å². The SMILES string of the molecule is CN(C)CCCCNC(=O)C1CCC2CCCCC2N1. The lowest BCUT2D eigenvalue weighted by atomic mass is 9.77. The molecule has 2 aliphatic rings. The van der Waals surface area contributed by atoms with Gasteiger partial charge < -0.3 is 15.5 Å². The molecule has 1 aliphatic carbocycles. The number of hydrogen-bond acceptors (Lipinski definition) is 3. The Morgan fingerprint density at radius 3 is 2.75 bits per heavy atom. The van der Waals surface area contributed by atoms with Crippen LogP contribution in [0.4, 0.5) is 0 Å². The Morgan fingerprint density at radius 2 is 1.95 bits per heavy atom. The highest BCUT2D eigenvalue weighted by Crippen LogP contribution is 2.32. The Hall–Kier alpha value is -0.610. The van der Waals surface area contributed by atoms with E-state index in [4.69, 9.17) is 0 Å². The molecule has 1 aliphatic heterocycles. The fraction of sp³-hybridized carbons (Fsp3) is 0.938. The third kappa shape index (κ3) is 4.74. The topological polar surface area (TPSA) is 44.4 Å². The van der Waals surface area contributed by atoms with E-state index in [2.05, 4.69) is 29.6 Å². The predicted molar refractivity (Wildman–Crippen MR) is 82.7 cm³/mol. The average Bonchev–Trinajstić information content (AvgIpc) is 2.46. The summed E-state index contributed by atoms with van der Waals surface area (Å²) < 4.78 is 0. The van der Waals surface area contributed by atoms with Gasteiger partial charge in [0, 0.05) is 12.6 Å². The second-order valence-corrected chi connectivity index (χ2v) is 6.75. The molecule has 3 atom stereocenters. The number of nitrogens with one attached hydrogen (secondary N) is 2. The monoisotopic (exact) mass is 281 g/mol. The van der Waals surface area contributed by atoms with Crippen molar-refractivity contribution in [2.45, 2.75) is 63.5 Å². The van der Waals surface area contributed by atoms with Crippen LogP contribution in [0.25, 0.3) is 0 Å². The molecule has 2 N–H and O–H groups in total. The molecule has 0 aromatic carbocycles. The van der Waals surface area contributed by atoms with E-state index in [0.29, 0.717) is 6.04 Å². The van der Waals surface area contributed by atoms with Gasteiger partial charge in [0.2, 0.25) is 5.91 Å². The Labute approximate surface area is 123 Å². The van der Waals surface area contributed by atoms with Gasteiger partial charge in [-0.3, -0.25) is 4.79 Å². The zero-order valence-corrected chi connectivity index (χ0v) is 13.2. The normalized spacial score (nSPS) is 30.1. The van der Waals surface area contributed by atoms with Gasteiger partial charge in [-0.1, -0.05) is 12.8 Å².